The predicted molar refractivity (Wildman–Crippen MR) is 95.0 cm³/mol. The number of hydrogen-bond acceptors (Lipinski definition) is 3. The average Bonchev–Trinajstić information content (AvgIpc) is 2.50. The van der Waals surface area contributed by atoms with Crippen LogP contribution in [0.2, 0.25) is 0 Å². The van der Waals surface area contributed by atoms with E-state index in [1.54, 1.807) is 0 Å². The zero-order chi connectivity index (χ0) is 14.9. The molecule has 0 aliphatic carbocycles. The van der Waals surface area contributed by atoms with E-state index in [9.17, 15) is 0 Å². The van der Waals surface area contributed by atoms with Crippen LogP contribution in [0.4, 0.5) is 0 Å². The first-order valence-corrected chi connectivity index (χ1v) is 9.25. The topological polar surface area (TPSA) is 24.9 Å². The number of aromatic nitrogens is 1. The van der Waals surface area contributed by atoms with Crippen LogP contribution in [0, 0.1) is 6.92 Å². The number of aryl methyl sites for hydroxylation is 1. The van der Waals surface area contributed by atoms with Crippen molar-refractivity contribution in [1.29, 1.82) is 0 Å². The third-order valence-electron chi connectivity index (χ3n) is 3.67. The van der Waals surface area contributed by atoms with Crippen molar-refractivity contribution in [3.8, 4) is 0 Å². The number of nitrogens with one attached hydrogen (secondary N) is 1. The summed E-state index contributed by atoms with van der Waals surface area (Å²) in [6.07, 6.45) is 7.53. The molecule has 2 rings (SSSR count). The van der Waals surface area contributed by atoms with E-state index in [1.165, 1.54) is 42.4 Å². The van der Waals surface area contributed by atoms with Gasteiger partial charge in [0.25, 0.3) is 0 Å². The van der Waals surface area contributed by atoms with Crippen molar-refractivity contribution in [3.05, 3.63) is 41.6 Å². The van der Waals surface area contributed by atoms with Crippen LogP contribution in [0.15, 0.2) is 30.3 Å². The first-order chi connectivity index (χ1) is 10.3. The SMILES string of the molecule is CSCCCCCCNCc1ccc2nc(C)ccc2c1. The van der Waals surface area contributed by atoms with Gasteiger partial charge in [-0.05, 0) is 62.1 Å². The lowest BCUT2D eigenvalue weighted by Gasteiger charge is -2.06. The first kappa shape index (κ1) is 16.3. The summed E-state index contributed by atoms with van der Waals surface area (Å²) in [6.45, 7) is 4.10. The summed E-state index contributed by atoms with van der Waals surface area (Å²) in [5.74, 6) is 1.30. The fourth-order valence-corrected chi connectivity index (χ4v) is 2.96. The Morgan fingerprint density at radius 3 is 2.76 bits per heavy atom. The normalized spacial score (nSPS) is 11.1. The number of rotatable bonds is 9. The highest BCUT2D eigenvalue weighted by molar-refractivity contribution is 7.98. The number of hydrogen-bond donors (Lipinski definition) is 1. The Kier molecular flexibility index (Phi) is 7.04. The Morgan fingerprint density at radius 2 is 1.90 bits per heavy atom. The zero-order valence-corrected chi connectivity index (χ0v) is 14.0. The largest absolute Gasteiger partial charge is 0.313 e. The molecule has 0 unspecified atom stereocenters. The van der Waals surface area contributed by atoms with Crippen molar-refractivity contribution in [2.75, 3.05) is 18.6 Å². The predicted octanol–water partition coefficient (Wildman–Crippen LogP) is 4.56. The smallest absolute Gasteiger partial charge is 0.0705 e. The molecule has 1 heterocycles. The van der Waals surface area contributed by atoms with Gasteiger partial charge in [-0.15, -0.1) is 0 Å². The highest BCUT2D eigenvalue weighted by Gasteiger charge is 1.98. The highest BCUT2D eigenvalue weighted by atomic mass is 32.2. The molecule has 0 radical (unpaired) electrons. The number of unbranched alkanes of at least 4 members (excludes halogenated alkanes) is 3. The molecule has 0 saturated heterocycles. The van der Waals surface area contributed by atoms with Crippen LogP contribution >= 0.6 is 11.8 Å². The molecule has 0 saturated carbocycles. The molecule has 0 amide bonds. The van der Waals surface area contributed by atoms with E-state index in [1.807, 2.05) is 18.7 Å². The Hall–Kier alpha value is -1.06. The van der Waals surface area contributed by atoms with Crippen LogP contribution < -0.4 is 5.32 Å². The van der Waals surface area contributed by atoms with E-state index < -0.39 is 0 Å². The molecular weight excluding hydrogens is 276 g/mol. The molecule has 0 aliphatic heterocycles. The Bertz CT molecular complexity index is 554. The van der Waals surface area contributed by atoms with Crippen molar-refractivity contribution < 1.29 is 0 Å². The maximum absolute atomic E-state index is 4.54. The van der Waals surface area contributed by atoms with E-state index >= 15 is 0 Å². The van der Waals surface area contributed by atoms with Crippen molar-refractivity contribution in [2.24, 2.45) is 0 Å². The molecular formula is C18H26N2S. The van der Waals surface area contributed by atoms with Crippen molar-refractivity contribution in [1.82, 2.24) is 10.3 Å². The maximum atomic E-state index is 4.54. The summed E-state index contributed by atoms with van der Waals surface area (Å²) in [6, 6.07) is 10.8. The summed E-state index contributed by atoms with van der Waals surface area (Å²) >= 11 is 1.95. The Balaban J connectivity index is 1.70. The molecule has 1 N–H and O–H groups in total. The second kappa shape index (κ2) is 9.06. The van der Waals surface area contributed by atoms with Crippen LogP contribution in [-0.2, 0) is 6.54 Å². The third kappa shape index (κ3) is 5.68. The molecule has 114 valence electrons. The lowest BCUT2D eigenvalue weighted by atomic mass is 10.1. The summed E-state index contributed by atoms with van der Waals surface area (Å²) in [7, 11) is 0. The van der Waals surface area contributed by atoms with Gasteiger partial charge in [-0.2, -0.15) is 11.8 Å². The van der Waals surface area contributed by atoms with E-state index in [2.05, 4.69) is 46.9 Å². The number of thioether (sulfide) groups is 1. The van der Waals surface area contributed by atoms with Crippen LogP contribution in [0.3, 0.4) is 0 Å². The minimum atomic E-state index is 0.953. The standard InChI is InChI=1S/C18H26N2S/c1-15-7-9-17-13-16(8-10-18(17)20-15)14-19-11-5-3-4-6-12-21-2/h7-10,13,19H,3-6,11-12,14H2,1-2H3. The Morgan fingerprint density at radius 1 is 1.05 bits per heavy atom. The molecule has 21 heavy (non-hydrogen) atoms. The maximum Gasteiger partial charge on any atom is 0.0705 e. The quantitative estimate of drug-likeness (QED) is 0.688. The van der Waals surface area contributed by atoms with Gasteiger partial charge >= 0.3 is 0 Å². The molecule has 1 aromatic heterocycles. The van der Waals surface area contributed by atoms with Gasteiger partial charge in [0.1, 0.15) is 0 Å². The fourth-order valence-electron chi connectivity index (χ4n) is 2.47. The molecule has 3 heteroatoms. The van der Waals surface area contributed by atoms with Crippen molar-refractivity contribution >= 4 is 22.7 Å². The highest BCUT2D eigenvalue weighted by Crippen LogP contribution is 2.14. The summed E-state index contributed by atoms with van der Waals surface area (Å²) in [5, 5.41) is 4.78. The number of nitrogens with zero attached hydrogens (tertiary/aromatic N) is 1. The minimum absolute atomic E-state index is 0.953. The molecule has 2 nitrogen and oxygen atoms in total. The van der Waals surface area contributed by atoms with Crippen LogP contribution in [0.25, 0.3) is 10.9 Å². The van der Waals surface area contributed by atoms with Gasteiger partial charge in [-0.25, -0.2) is 0 Å². The zero-order valence-electron chi connectivity index (χ0n) is 13.2. The lowest BCUT2D eigenvalue weighted by Crippen LogP contribution is -2.14. The van der Waals surface area contributed by atoms with Gasteiger partial charge in [0.2, 0.25) is 0 Å². The van der Waals surface area contributed by atoms with Gasteiger partial charge in [0.05, 0.1) is 5.52 Å². The second-order valence-electron chi connectivity index (χ2n) is 5.56. The van der Waals surface area contributed by atoms with Crippen LogP contribution in [0.5, 0.6) is 0 Å². The molecule has 0 spiro atoms. The molecule has 0 aliphatic rings. The van der Waals surface area contributed by atoms with Gasteiger partial charge < -0.3 is 5.32 Å². The van der Waals surface area contributed by atoms with Crippen LogP contribution in [0.1, 0.15) is 36.9 Å². The van der Waals surface area contributed by atoms with Gasteiger partial charge in [-0.1, -0.05) is 25.0 Å². The summed E-state index contributed by atoms with van der Waals surface area (Å²) < 4.78 is 0. The van der Waals surface area contributed by atoms with Gasteiger partial charge in [0, 0.05) is 17.6 Å². The molecule has 0 bridgehead atoms. The summed E-state index contributed by atoms with van der Waals surface area (Å²) in [4.78, 5) is 4.54. The van der Waals surface area contributed by atoms with Crippen molar-refractivity contribution in [2.45, 2.75) is 39.2 Å². The average molecular weight is 302 g/mol. The second-order valence-corrected chi connectivity index (χ2v) is 6.55. The molecule has 0 atom stereocenters. The number of fused-ring (bicyclic) bond motifs is 1. The minimum Gasteiger partial charge on any atom is -0.313 e. The van der Waals surface area contributed by atoms with E-state index in [0.717, 1.165) is 24.3 Å². The third-order valence-corrected chi connectivity index (χ3v) is 4.37. The Labute approximate surface area is 132 Å². The molecule has 1 aromatic carbocycles. The van der Waals surface area contributed by atoms with Gasteiger partial charge in [-0.3, -0.25) is 4.98 Å². The van der Waals surface area contributed by atoms with Crippen molar-refractivity contribution in [3.63, 3.8) is 0 Å². The van der Waals surface area contributed by atoms with E-state index in [-0.39, 0.29) is 0 Å². The molecule has 0 fully saturated rings. The van der Waals surface area contributed by atoms with E-state index in [0.29, 0.717) is 0 Å². The van der Waals surface area contributed by atoms with Crippen LogP contribution in [-0.4, -0.2) is 23.5 Å². The van der Waals surface area contributed by atoms with Gasteiger partial charge in [0.15, 0.2) is 0 Å². The fraction of sp³-hybridized carbons (Fsp3) is 0.500. The monoisotopic (exact) mass is 302 g/mol. The number of benzene rings is 1. The summed E-state index contributed by atoms with van der Waals surface area (Å²) in [5.41, 5.74) is 3.51. The number of pyridine rings is 1. The van der Waals surface area contributed by atoms with E-state index in [4.69, 9.17) is 0 Å². The molecule has 2 aromatic rings. The lowest BCUT2D eigenvalue weighted by molar-refractivity contribution is 0.600. The first-order valence-electron chi connectivity index (χ1n) is 7.85.